The Balaban J connectivity index is 1.73. The minimum atomic E-state index is -0.540. The van der Waals surface area contributed by atoms with E-state index in [9.17, 15) is 19.7 Å². The second-order valence-corrected chi connectivity index (χ2v) is 9.99. The van der Waals surface area contributed by atoms with Crippen LogP contribution in [0.15, 0.2) is 42.5 Å². The summed E-state index contributed by atoms with van der Waals surface area (Å²) in [6.07, 6.45) is 2.96. The van der Waals surface area contributed by atoms with Crippen LogP contribution in [0.3, 0.4) is 0 Å². The van der Waals surface area contributed by atoms with E-state index in [0.29, 0.717) is 47.9 Å². The average molecular weight is 520 g/mol. The van der Waals surface area contributed by atoms with Crippen molar-refractivity contribution in [1.82, 2.24) is 9.80 Å². The van der Waals surface area contributed by atoms with E-state index in [-0.39, 0.29) is 29.1 Å². The Morgan fingerprint density at radius 2 is 1.80 bits per heavy atom. The number of ether oxygens (including phenoxy) is 1. The van der Waals surface area contributed by atoms with E-state index in [4.69, 9.17) is 27.9 Å². The van der Waals surface area contributed by atoms with E-state index in [1.54, 1.807) is 35.2 Å². The first kappa shape index (κ1) is 26.7. The summed E-state index contributed by atoms with van der Waals surface area (Å²) in [6, 6.07) is 9.39. The molecule has 0 aromatic heterocycles. The van der Waals surface area contributed by atoms with Gasteiger partial charge in [-0.2, -0.15) is 0 Å². The summed E-state index contributed by atoms with van der Waals surface area (Å²) < 4.78 is 5.35. The monoisotopic (exact) mass is 519 g/mol. The molecular formula is C25H27Cl2N3O5. The van der Waals surface area contributed by atoms with Crippen molar-refractivity contribution in [1.29, 1.82) is 0 Å². The Morgan fingerprint density at radius 3 is 2.40 bits per heavy atom. The van der Waals surface area contributed by atoms with Gasteiger partial charge in [-0.25, -0.2) is 0 Å². The van der Waals surface area contributed by atoms with Crippen LogP contribution in [-0.4, -0.2) is 64.9 Å². The van der Waals surface area contributed by atoms with Gasteiger partial charge in [-0.15, -0.1) is 0 Å². The maximum Gasteiger partial charge on any atom is 0.320 e. The largest absolute Gasteiger partial charge is 0.459 e. The van der Waals surface area contributed by atoms with Crippen LogP contribution in [0.4, 0.5) is 5.69 Å². The molecule has 8 nitrogen and oxygen atoms in total. The third-order valence-corrected chi connectivity index (χ3v) is 5.88. The Labute approximate surface area is 214 Å². The molecule has 1 aliphatic rings. The van der Waals surface area contributed by atoms with E-state index in [0.717, 1.165) is 0 Å². The molecule has 3 rings (SSSR count). The van der Waals surface area contributed by atoms with Gasteiger partial charge in [-0.05, 0) is 44.5 Å². The van der Waals surface area contributed by atoms with Gasteiger partial charge in [-0.1, -0.05) is 41.4 Å². The van der Waals surface area contributed by atoms with Crippen LogP contribution in [0.2, 0.25) is 10.0 Å². The number of hydrogen-bond donors (Lipinski definition) is 0. The van der Waals surface area contributed by atoms with Gasteiger partial charge in [0.2, 0.25) is 5.91 Å². The summed E-state index contributed by atoms with van der Waals surface area (Å²) in [4.78, 5) is 39.7. The number of carbonyl (C=O) groups excluding carboxylic acids is 2. The van der Waals surface area contributed by atoms with Gasteiger partial charge < -0.3 is 9.64 Å². The lowest BCUT2D eigenvalue weighted by molar-refractivity contribution is -0.384. The fraction of sp³-hybridized carbons (Fsp3) is 0.360. The first-order valence-electron chi connectivity index (χ1n) is 11.1. The predicted octanol–water partition coefficient (Wildman–Crippen LogP) is 5.07. The summed E-state index contributed by atoms with van der Waals surface area (Å²) in [5.74, 6) is -0.516. The van der Waals surface area contributed by atoms with Crippen LogP contribution in [0, 0.1) is 10.1 Å². The normalized spacial score (nSPS) is 14.8. The molecule has 0 N–H and O–H groups in total. The van der Waals surface area contributed by atoms with Gasteiger partial charge in [0.05, 0.1) is 22.1 Å². The first-order valence-corrected chi connectivity index (χ1v) is 11.8. The van der Waals surface area contributed by atoms with E-state index in [1.165, 1.54) is 18.2 Å². The van der Waals surface area contributed by atoms with E-state index in [1.807, 2.05) is 25.7 Å². The number of amides is 1. The molecule has 0 aliphatic carbocycles. The van der Waals surface area contributed by atoms with Crippen LogP contribution < -0.4 is 0 Å². The smallest absolute Gasteiger partial charge is 0.320 e. The van der Waals surface area contributed by atoms with Crippen molar-refractivity contribution in [2.24, 2.45) is 0 Å². The molecule has 1 aliphatic heterocycles. The number of nitro benzene ring substituents is 1. The van der Waals surface area contributed by atoms with Crippen molar-refractivity contribution in [2.75, 3.05) is 32.7 Å². The second-order valence-electron chi connectivity index (χ2n) is 9.14. The highest BCUT2D eigenvalue weighted by atomic mass is 35.5. The van der Waals surface area contributed by atoms with Crippen LogP contribution in [-0.2, 0) is 14.3 Å². The van der Waals surface area contributed by atoms with Crippen molar-refractivity contribution < 1.29 is 19.2 Å². The van der Waals surface area contributed by atoms with Crippen LogP contribution in [0.1, 0.15) is 26.3 Å². The third kappa shape index (κ3) is 7.27. The fourth-order valence-corrected chi connectivity index (χ4v) is 4.29. The van der Waals surface area contributed by atoms with Crippen LogP contribution >= 0.6 is 23.2 Å². The Morgan fingerprint density at radius 1 is 1.11 bits per heavy atom. The number of piperazine rings is 1. The van der Waals surface area contributed by atoms with Crippen molar-refractivity contribution >= 4 is 46.8 Å². The van der Waals surface area contributed by atoms with E-state index >= 15 is 0 Å². The average Bonchev–Trinajstić information content (AvgIpc) is 2.76. The van der Waals surface area contributed by atoms with E-state index < -0.39 is 10.5 Å². The molecule has 186 valence electrons. The molecule has 2 aromatic rings. The lowest BCUT2D eigenvalue weighted by Crippen LogP contribution is -2.50. The highest BCUT2D eigenvalue weighted by Crippen LogP contribution is 2.39. The number of rotatable bonds is 6. The van der Waals surface area contributed by atoms with E-state index in [2.05, 4.69) is 0 Å². The van der Waals surface area contributed by atoms with Gasteiger partial charge in [0.15, 0.2) is 0 Å². The molecule has 10 heteroatoms. The molecule has 0 spiro atoms. The maximum atomic E-state index is 12.8. The molecule has 0 saturated carbocycles. The zero-order chi connectivity index (χ0) is 25.8. The van der Waals surface area contributed by atoms with Crippen molar-refractivity contribution in [3.05, 3.63) is 68.2 Å². The maximum absolute atomic E-state index is 12.8. The number of esters is 1. The SMILES string of the molecule is CC(C)(C)OC(=O)CN1CCN(C(=O)/C=C/c2cccc([N+](=O)[O-])c2-c2ccc(Cl)cc2Cl)CC1. The predicted molar refractivity (Wildman–Crippen MR) is 136 cm³/mol. The van der Waals surface area contributed by atoms with Gasteiger partial charge in [0, 0.05) is 48.9 Å². The zero-order valence-corrected chi connectivity index (χ0v) is 21.3. The second kappa shape index (κ2) is 11.2. The number of carbonyl (C=O) groups is 2. The Bertz CT molecular complexity index is 1150. The summed E-state index contributed by atoms with van der Waals surface area (Å²) in [6.45, 7) is 7.63. The highest BCUT2D eigenvalue weighted by Gasteiger charge is 2.24. The standard InChI is InChI=1S/C25H27Cl2N3O5/c1-25(2,3)35-23(32)16-28-11-13-29(14-12-28)22(31)10-7-17-5-4-6-21(30(33)34)24(17)19-9-8-18(26)15-20(19)27/h4-10,15H,11-14,16H2,1-3H3/b10-7+. The minimum absolute atomic E-state index is 0.125. The highest BCUT2D eigenvalue weighted by molar-refractivity contribution is 6.36. The Kier molecular flexibility index (Phi) is 8.53. The number of hydrogen-bond acceptors (Lipinski definition) is 6. The quantitative estimate of drug-likeness (QED) is 0.229. The number of nitrogens with zero attached hydrogens (tertiary/aromatic N) is 3. The van der Waals surface area contributed by atoms with Gasteiger partial charge in [0.25, 0.3) is 5.69 Å². The van der Waals surface area contributed by atoms with Crippen molar-refractivity contribution in [2.45, 2.75) is 26.4 Å². The minimum Gasteiger partial charge on any atom is -0.459 e. The lowest BCUT2D eigenvalue weighted by Gasteiger charge is -2.34. The van der Waals surface area contributed by atoms with Gasteiger partial charge in [-0.3, -0.25) is 24.6 Å². The molecule has 1 amide bonds. The van der Waals surface area contributed by atoms with Crippen LogP contribution in [0.25, 0.3) is 17.2 Å². The Hall–Kier alpha value is -2.94. The van der Waals surface area contributed by atoms with Crippen molar-refractivity contribution in [3.8, 4) is 11.1 Å². The molecule has 0 bridgehead atoms. The number of benzene rings is 2. The van der Waals surface area contributed by atoms with Gasteiger partial charge in [0.1, 0.15) is 5.60 Å². The number of halogens is 2. The molecule has 0 atom stereocenters. The van der Waals surface area contributed by atoms with Gasteiger partial charge >= 0.3 is 5.97 Å². The molecule has 0 radical (unpaired) electrons. The molecule has 2 aromatic carbocycles. The number of nitro groups is 1. The summed E-state index contributed by atoms with van der Waals surface area (Å²) >= 11 is 12.3. The molecule has 0 unspecified atom stereocenters. The summed E-state index contributed by atoms with van der Waals surface area (Å²) in [5.41, 5.74) is 0.581. The topological polar surface area (TPSA) is 93.0 Å². The molecule has 1 heterocycles. The fourth-order valence-electron chi connectivity index (χ4n) is 3.78. The molecule has 1 fully saturated rings. The summed E-state index contributed by atoms with van der Waals surface area (Å²) in [7, 11) is 0. The molecular weight excluding hydrogens is 493 g/mol. The summed E-state index contributed by atoms with van der Waals surface area (Å²) in [5, 5.41) is 12.4. The molecule has 35 heavy (non-hydrogen) atoms. The first-order chi connectivity index (χ1) is 16.4. The third-order valence-electron chi connectivity index (χ3n) is 5.33. The van der Waals surface area contributed by atoms with Crippen molar-refractivity contribution in [3.63, 3.8) is 0 Å². The zero-order valence-electron chi connectivity index (χ0n) is 19.8. The van der Waals surface area contributed by atoms with Crippen LogP contribution in [0.5, 0.6) is 0 Å². The lowest BCUT2D eigenvalue weighted by atomic mass is 9.97. The molecule has 1 saturated heterocycles.